The van der Waals surface area contributed by atoms with Gasteiger partial charge in [-0.2, -0.15) is 0 Å². The number of nitrogens with zero attached hydrogens (tertiary/aromatic N) is 4. The molecule has 0 aliphatic rings. The van der Waals surface area contributed by atoms with Gasteiger partial charge in [-0.3, -0.25) is 0 Å². The van der Waals surface area contributed by atoms with Gasteiger partial charge in [0.25, 0.3) is 0 Å². The fourth-order valence-corrected chi connectivity index (χ4v) is 2.12. The van der Waals surface area contributed by atoms with Crippen molar-refractivity contribution >= 4 is 5.69 Å². The van der Waals surface area contributed by atoms with E-state index in [1.807, 2.05) is 18.2 Å². The Kier molecular flexibility index (Phi) is 3.59. The number of tetrazole rings is 1. The summed E-state index contributed by atoms with van der Waals surface area (Å²) in [6.45, 7) is 0.642. The minimum Gasteiger partial charge on any atom is -0.396 e. The normalized spacial score (nSPS) is 10.7. The maximum Gasteiger partial charge on any atom is 0.182 e. The molecule has 2 N–H and O–H groups in total. The van der Waals surface area contributed by atoms with E-state index in [1.54, 1.807) is 16.8 Å². The zero-order valence-electron chi connectivity index (χ0n) is 11.3. The van der Waals surface area contributed by atoms with E-state index in [4.69, 9.17) is 5.73 Å². The van der Waals surface area contributed by atoms with E-state index in [1.165, 1.54) is 11.6 Å². The second kappa shape index (κ2) is 5.70. The highest BCUT2D eigenvalue weighted by atomic mass is 19.1. The van der Waals surface area contributed by atoms with Crippen molar-refractivity contribution < 1.29 is 4.39 Å². The van der Waals surface area contributed by atoms with Crippen molar-refractivity contribution in [1.29, 1.82) is 0 Å². The van der Waals surface area contributed by atoms with Gasteiger partial charge in [0.1, 0.15) is 5.82 Å². The molecule has 21 heavy (non-hydrogen) atoms. The molecule has 0 aliphatic carbocycles. The summed E-state index contributed by atoms with van der Waals surface area (Å²) in [4.78, 5) is 0. The van der Waals surface area contributed by atoms with Gasteiger partial charge >= 0.3 is 0 Å². The van der Waals surface area contributed by atoms with Gasteiger partial charge in [0, 0.05) is 12.1 Å². The van der Waals surface area contributed by atoms with Gasteiger partial charge in [0.2, 0.25) is 0 Å². The van der Waals surface area contributed by atoms with Gasteiger partial charge in [0.15, 0.2) is 5.82 Å². The molecule has 106 valence electrons. The topological polar surface area (TPSA) is 69.6 Å². The molecule has 1 heterocycles. The Morgan fingerprint density at radius 3 is 2.67 bits per heavy atom. The van der Waals surface area contributed by atoms with E-state index >= 15 is 0 Å². The fraction of sp³-hybridized carbons (Fsp3) is 0.133. The number of nitrogens with two attached hydrogens (primary N) is 1. The van der Waals surface area contributed by atoms with E-state index in [0.717, 1.165) is 6.42 Å². The number of aromatic nitrogens is 4. The first-order valence-corrected chi connectivity index (χ1v) is 6.59. The number of halogens is 1. The smallest absolute Gasteiger partial charge is 0.182 e. The lowest BCUT2D eigenvalue weighted by Crippen LogP contribution is -2.06. The van der Waals surface area contributed by atoms with Gasteiger partial charge in [-0.1, -0.05) is 30.3 Å². The third kappa shape index (κ3) is 2.89. The Balaban J connectivity index is 1.82. The highest BCUT2D eigenvalue weighted by molar-refractivity contribution is 5.61. The lowest BCUT2D eigenvalue weighted by molar-refractivity contribution is 0.593. The molecule has 0 saturated heterocycles. The first-order valence-electron chi connectivity index (χ1n) is 6.59. The molecule has 2 aromatic carbocycles. The average Bonchev–Trinajstić information content (AvgIpc) is 2.97. The SMILES string of the molecule is Nc1cc(-c2nnnn2CCc2ccccc2)ccc1F. The molecule has 5 nitrogen and oxygen atoms in total. The van der Waals surface area contributed by atoms with Crippen molar-refractivity contribution in [2.24, 2.45) is 0 Å². The molecule has 6 heteroatoms. The molecule has 0 aliphatic heterocycles. The van der Waals surface area contributed by atoms with Gasteiger partial charge in [0.05, 0.1) is 5.69 Å². The van der Waals surface area contributed by atoms with Gasteiger partial charge in [-0.25, -0.2) is 9.07 Å². The standard InChI is InChI=1S/C15H14FN5/c16-13-7-6-12(10-14(13)17)15-18-19-20-21(15)9-8-11-4-2-1-3-5-11/h1-7,10H,8-9,17H2. The molecule has 3 aromatic rings. The minimum absolute atomic E-state index is 0.0881. The average molecular weight is 283 g/mol. The fourth-order valence-electron chi connectivity index (χ4n) is 2.12. The quantitative estimate of drug-likeness (QED) is 0.746. The van der Waals surface area contributed by atoms with Crippen LogP contribution in [0.1, 0.15) is 5.56 Å². The molecule has 0 spiro atoms. The molecule has 0 unspecified atom stereocenters. The van der Waals surface area contributed by atoms with Crippen LogP contribution in [-0.2, 0) is 13.0 Å². The van der Waals surface area contributed by atoms with E-state index in [2.05, 4.69) is 27.7 Å². The minimum atomic E-state index is -0.443. The Labute approximate surface area is 121 Å². The number of anilines is 1. The summed E-state index contributed by atoms with van der Waals surface area (Å²) in [7, 11) is 0. The summed E-state index contributed by atoms with van der Waals surface area (Å²) < 4.78 is 14.9. The number of hydrogen-bond donors (Lipinski definition) is 1. The van der Waals surface area contributed by atoms with E-state index in [0.29, 0.717) is 17.9 Å². The predicted octanol–water partition coefficient (Wildman–Crippen LogP) is 2.30. The number of rotatable bonds is 4. The maximum absolute atomic E-state index is 13.2. The van der Waals surface area contributed by atoms with Crippen molar-refractivity contribution in [3.63, 3.8) is 0 Å². The van der Waals surface area contributed by atoms with Crippen molar-refractivity contribution in [2.45, 2.75) is 13.0 Å². The van der Waals surface area contributed by atoms with Crippen LogP contribution in [0.25, 0.3) is 11.4 Å². The molecule has 1 aromatic heterocycles. The van der Waals surface area contributed by atoms with Crippen molar-refractivity contribution in [3.8, 4) is 11.4 Å². The van der Waals surface area contributed by atoms with Gasteiger partial charge < -0.3 is 5.73 Å². The Bertz CT molecular complexity index is 739. The molecule has 0 radical (unpaired) electrons. The van der Waals surface area contributed by atoms with Gasteiger partial charge in [-0.05, 0) is 40.6 Å². The second-order valence-electron chi connectivity index (χ2n) is 4.70. The summed E-state index contributed by atoms with van der Waals surface area (Å²) >= 11 is 0. The summed E-state index contributed by atoms with van der Waals surface area (Å²) in [5, 5.41) is 11.7. The number of hydrogen-bond acceptors (Lipinski definition) is 4. The largest absolute Gasteiger partial charge is 0.396 e. The highest BCUT2D eigenvalue weighted by Gasteiger charge is 2.10. The number of nitrogen functional groups attached to an aromatic ring is 1. The third-order valence-electron chi connectivity index (χ3n) is 3.24. The Hall–Kier alpha value is -2.76. The van der Waals surface area contributed by atoms with Crippen LogP contribution in [0.2, 0.25) is 0 Å². The van der Waals surface area contributed by atoms with E-state index in [-0.39, 0.29) is 5.69 Å². The van der Waals surface area contributed by atoms with Crippen molar-refractivity contribution in [2.75, 3.05) is 5.73 Å². The van der Waals surface area contributed by atoms with Crippen LogP contribution >= 0.6 is 0 Å². The predicted molar refractivity (Wildman–Crippen MR) is 77.8 cm³/mol. The molecule has 0 saturated carbocycles. The molecule has 0 atom stereocenters. The van der Waals surface area contributed by atoms with Crippen LogP contribution in [0.5, 0.6) is 0 Å². The highest BCUT2D eigenvalue weighted by Crippen LogP contribution is 2.21. The molecule has 0 amide bonds. The lowest BCUT2D eigenvalue weighted by Gasteiger charge is -2.06. The Morgan fingerprint density at radius 2 is 1.90 bits per heavy atom. The first-order chi connectivity index (χ1) is 10.2. The van der Waals surface area contributed by atoms with Crippen LogP contribution in [-0.4, -0.2) is 20.2 Å². The monoisotopic (exact) mass is 283 g/mol. The second-order valence-corrected chi connectivity index (χ2v) is 4.70. The summed E-state index contributed by atoms with van der Waals surface area (Å²) in [6, 6.07) is 14.6. The molecule has 3 rings (SSSR count). The van der Waals surface area contributed by atoms with E-state index in [9.17, 15) is 4.39 Å². The molecular formula is C15H14FN5. The number of benzene rings is 2. The lowest BCUT2D eigenvalue weighted by atomic mass is 10.1. The summed E-state index contributed by atoms with van der Waals surface area (Å²) in [5.74, 6) is 0.139. The number of aryl methyl sites for hydroxylation is 2. The van der Waals surface area contributed by atoms with Crippen LogP contribution in [0.4, 0.5) is 10.1 Å². The molecular weight excluding hydrogens is 269 g/mol. The van der Waals surface area contributed by atoms with Gasteiger partial charge in [-0.15, -0.1) is 5.10 Å². The molecule has 0 fully saturated rings. The summed E-state index contributed by atoms with van der Waals surface area (Å²) in [6.07, 6.45) is 0.815. The van der Waals surface area contributed by atoms with Crippen molar-refractivity contribution in [1.82, 2.24) is 20.2 Å². The van der Waals surface area contributed by atoms with Crippen LogP contribution in [0.15, 0.2) is 48.5 Å². The third-order valence-corrected chi connectivity index (χ3v) is 3.24. The molecule has 0 bridgehead atoms. The van der Waals surface area contributed by atoms with Crippen molar-refractivity contribution in [3.05, 3.63) is 59.9 Å². The van der Waals surface area contributed by atoms with E-state index < -0.39 is 5.82 Å². The zero-order valence-corrected chi connectivity index (χ0v) is 11.3. The van der Waals surface area contributed by atoms with Crippen LogP contribution in [0, 0.1) is 5.82 Å². The zero-order chi connectivity index (χ0) is 14.7. The summed E-state index contributed by atoms with van der Waals surface area (Å²) in [5.41, 5.74) is 7.58. The first kappa shape index (κ1) is 13.2. The Morgan fingerprint density at radius 1 is 1.10 bits per heavy atom. The van der Waals surface area contributed by atoms with Crippen LogP contribution < -0.4 is 5.73 Å². The van der Waals surface area contributed by atoms with Crippen LogP contribution in [0.3, 0.4) is 0 Å². The maximum atomic E-state index is 13.2.